The van der Waals surface area contributed by atoms with Gasteiger partial charge in [0.2, 0.25) is 0 Å². The Balaban J connectivity index is 2.08. The standard InChI is InChI=1S/C14H29N3O/c1-3-17(4-2)14(18)16-12-11-15-13-9-7-5-6-8-10-13/h13,15H,3-12H2,1-2H3,(H,16,18). The molecule has 0 spiro atoms. The molecule has 0 aromatic rings. The summed E-state index contributed by atoms with van der Waals surface area (Å²) in [7, 11) is 0. The van der Waals surface area contributed by atoms with Crippen LogP contribution < -0.4 is 10.6 Å². The summed E-state index contributed by atoms with van der Waals surface area (Å²) in [5.41, 5.74) is 0. The first-order valence-corrected chi connectivity index (χ1v) is 7.54. The van der Waals surface area contributed by atoms with Crippen molar-refractivity contribution in [1.29, 1.82) is 0 Å². The van der Waals surface area contributed by atoms with Crippen molar-refractivity contribution in [3.63, 3.8) is 0 Å². The molecule has 0 atom stereocenters. The molecular formula is C14H29N3O. The molecule has 1 saturated carbocycles. The second kappa shape index (κ2) is 9.20. The molecule has 0 heterocycles. The third kappa shape index (κ3) is 5.71. The minimum atomic E-state index is 0.0580. The molecule has 0 aromatic carbocycles. The first kappa shape index (κ1) is 15.3. The average molecular weight is 255 g/mol. The lowest BCUT2D eigenvalue weighted by atomic mass is 10.1. The number of urea groups is 1. The van der Waals surface area contributed by atoms with Gasteiger partial charge in [0.15, 0.2) is 0 Å². The van der Waals surface area contributed by atoms with E-state index in [2.05, 4.69) is 10.6 Å². The summed E-state index contributed by atoms with van der Waals surface area (Å²) >= 11 is 0. The van der Waals surface area contributed by atoms with E-state index in [1.165, 1.54) is 38.5 Å². The highest BCUT2D eigenvalue weighted by Gasteiger charge is 2.11. The van der Waals surface area contributed by atoms with Gasteiger partial charge in [-0.05, 0) is 26.7 Å². The predicted molar refractivity (Wildman–Crippen MR) is 75.8 cm³/mol. The number of nitrogens with zero attached hydrogens (tertiary/aromatic N) is 1. The summed E-state index contributed by atoms with van der Waals surface area (Å²) in [6.45, 7) is 7.18. The van der Waals surface area contributed by atoms with Crippen molar-refractivity contribution in [3.8, 4) is 0 Å². The fourth-order valence-electron chi connectivity index (χ4n) is 2.55. The van der Waals surface area contributed by atoms with Crippen LogP contribution in [0.5, 0.6) is 0 Å². The molecule has 0 unspecified atom stereocenters. The maximum absolute atomic E-state index is 11.7. The zero-order chi connectivity index (χ0) is 13.2. The topological polar surface area (TPSA) is 44.4 Å². The van der Waals surface area contributed by atoms with Crippen LogP contribution in [0.3, 0.4) is 0 Å². The second-order valence-corrected chi connectivity index (χ2v) is 5.05. The highest BCUT2D eigenvalue weighted by atomic mass is 16.2. The lowest BCUT2D eigenvalue weighted by molar-refractivity contribution is 0.203. The van der Waals surface area contributed by atoms with Gasteiger partial charge in [-0.15, -0.1) is 0 Å². The molecule has 1 rings (SSSR count). The lowest BCUT2D eigenvalue weighted by Crippen LogP contribution is -2.43. The number of amides is 2. The summed E-state index contributed by atoms with van der Waals surface area (Å²) in [5.74, 6) is 0. The van der Waals surface area contributed by atoms with Crippen LogP contribution in [0, 0.1) is 0 Å². The summed E-state index contributed by atoms with van der Waals surface area (Å²) in [4.78, 5) is 13.5. The van der Waals surface area contributed by atoms with Crippen molar-refractivity contribution in [2.24, 2.45) is 0 Å². The molecule has 2 amide bonds. The van der Waals surface area contributed by atoms with E-state index in [-0.39, 0.29) is 6.03 Å². The van der Waals surface area contributed by atoms with Crippen molar-refractivity contribution in [2.75, 3.05) is 26.2 Å². The zero-order valence-corrected chi connectivity index (χ0v) is 12.0. The Morgan fingerprint density at radius 3 is 2.22 bits per heavy atom. The van der Waals surface area contributed by atoms with Gasteiger partial charge in [0.1, 0.15) is 0 Å². The van der Waals surface area contributed by atoms with Crippen LogP contribution in [0.15, 0.2) is 0 Å². The molecular weight excluding hydrogens is 226 g/mol. The number of nitrogens with one attached hydrogen (secondary N) is 2. The van der Waals surface area contributed by atoms with Crippen LogP contribution in [0.2, 0.25) is 0 Å². The van der Waals surface area contributed by atoms with Crippen LogP contribution in [0.1, 0.15) is 52.4 Å². The van der Waals surface area contributed by atoms with Crippen LogP contribution in [-0.4, -0.2) is 43.2 Å². The molecule has 4 heteroatoms. The van der Waals surface area contributed by atoms with Gasteiger partial charge in [-0.25, -0.2) is 4.79 Å². The van der Waals surface area contributed by atoms with Crippen molar-refractivity contribution in [1.82, 2.24) is 15.5 Å². The van der Waals surface area contributed by atoms with Gasteiger partial charge in [0.05, 0.1) is 0 Å². The van der Waals surface area contributed by atoms with Crippen LogP contribution in [0.25, 0.3) is 0 Å². The molecule has 1 aliphatic carbocycles. The van der Waals surface area contributed by atoms with E-state index in [1.54, 1.807) is 0 Å². The molecule has 0 aromatic heterocycles. The summed E-state index contributed by atoms with van der Waals surface area (Å²) in [6.07, 6.45) is 8.06. The lowest BCUT2D eigenvalue weighted by Gasteiger charge is -2.20. The smallest absolute Gasteiger partial charge is 0.317 e. The molecule has 2 N–H and O–H groups in total. The predicted octanol–water partition coefficient (Wildman–Crippen LogP) is 2.35. The number of hydrogen-bond donors (Lipinski definition) is 2. The Labute approximate surface area is 111 Å². The molecule has 0 radical (unpaired) electrons. The maximum Gasteiger partial charge on any atom is 0.317 e. The Morgan fingerprint density at radius 2 is 1.67 bits per heavy atom. The number of carbonyl (C=O) groups is 1. The van der Waals surface area contributed by atoms with Crippen LogP contribution in [-0.2, 0) is 0 Å². The summed E-state index contributed by atoms with van der Waals surface area (Å²) < 4.78 is 0. The van der Waals surface area contributed by atoms with E-state index < -0.39 is 0 Å². The molecule has 18 heavy (non-hydrogen) atoms. The maximum atomic E-state index is 11.7. The third-order valence-corrected chi connectivity index (χ3v) is 3.74. The van der Waals surface area contributed by atoms with Crippen LogP contribution >= 0.6 is 0 Å². The van der Waals surface area contributed by atoms with E-state index in [0.717, 1.165) is 26.2 Å². The van der Waals surface area contributed by atoms with Gasteiger partial charge in [-0.3, -0.25) is 0 Å². The quantitative estimate of drug-likeness (QED) is 0.565. The Kier molecular flexibility index (Phi) is 7.81. The SMILES string of the molecule is CCN(CC)C(=O)NCCNC1CCCCCC1. The van der Waals surface area contributed by atoms with E-state index in [4.69, 9.17) is 0 Å². The highest BCUT2D eigenvalue weighted by molar-refractivity contribution is 5.74. The fourth-order valence-corrected chi connectivity index (χ4v) is 2.55. The Bertz CT molecular complexity index is 221. The Hall–Kier alpha value is -0.770. The van der Waals surface area contributed by atoms with E-state index in [1.807, 2.05) is 18.7 Å². The zero-order valence-electron chi connectivity index (χ0n) is 12.0. The van der Waals surface area contributed by atoms with Gasteiger partial charge in [0, 0.05) is 32.2 Å². The normalized spacial score (nSPS) is 17.2. The minimum Gasteiger partial charge on any atom is -0.337 e. The number of carbonyl (C=O) groups excluding carboxylic acids is 1. The molecule has 1 fully saturated rings. The molecule has 106 valence electrons. The van der Waals surface area contributed by atoms with Gasteiger partial charge < -0.3 is 15.5 Å². The number of rotatable bonds is 6. The van der Waals surface area contributed by atoms with Crippen molar-refractivity contribution in [2.45, 2.75) is 58.4 Å². The van der Waals surface area contributed by atoms with Gasteiger partial charge in [-0.2, -0.15) is 0 Å². The molecule has 1 aliphatic rings. The minimum absolute atomic E-state index is 0.0580. The Morgan fingerprint density at radius 1 is 1.06 bits per heavy atom. The highest BCUT2D eigenvalue weighted by Crippen LogP contribution is 2.16. The van der Waals surface area contributed by atoms with E-state index >= 15 is 0 Å². The third-order valence-electron chi connectivity index (χ3n) is 3.74. The molecule has 4 nitrogen and oxygen atoms in total. The molecule has 0 aliphatic heterocycles. The first-order chi connectivity index (χ1) is 8.77. The fraction of sp³-hybridized carbons (Fsp3) is 0.929. The van der Waals surface area contributed by atoms with Crippen molar-refractivity contribution in [3.05, 3.63) is 0 Å². The summed E-state index contributed by atoms with van der Waals surface area (Å²) in [5, 5.41) is 6.52. The van der Waals surface area contributed by atoms with Crippen molar-refractivity contribution >= 4 is 6.03 Å². The van der Waals surface area contributed by atoms with Gasteiger partial charge in [0.25, 0.3) is 0 Å². The second-order valence-electron chi connectivity index (χ2n) is 5.05. The van der Waals surface area contributed by atoms with Crippen molar-refractivity contribution < 1.29 is 4.79 Å². The monoisotopic (exact) mass is 255 g/mol. The van der Waals surface area contributed by atoms with E-state index in [9.17, 15) is 4.79 Å². The van der Waals surface area contributed by atoms with E-state index in [0.29, 0.717) is 6.04 Å². The largest absolute Gasteiger partial charge is 0.337 e. The molecule has 0 saturated heterocycles. The molecule has 0 bridgehead atoms. The van der Waals surface area contributed by atoms with Gasteiger partial charge in [-0.1, -0.05) is 25.7 Å². The van der Waals surface area contributed by atoms with Crippen LogP contribution in [0.4, 0.5) is 4.79 Å². The number of hydrogen-bond acceptors (Lipinski definition) is 2. The average Bonchev–Trinajstić information content (AvgIpc) is 2.65. The summed E-state index contributed by atoms with van der Waals surface area (Å²) in [6, 6.07) is 0.723. The first-order valence-electron chi connectivity index (χ1n) is 7.54. The van der Waals surface area contributed by atoms with Gasteiger partial charge >= 0.3 is 6.03 Å².